The molecule has 1 aliphatic heterocycles. The number of rotatable bonds is 5. The van der Waals surface area contributed by atoms with Crippen molar-refractivity contribution in [1.29, 1.82) is 0 Å². The zero-order chi connectivity index (χ0) is 16.2. The maximum absolute atomic E-state index is 12.6. The molecular formula is C16H23N5OS. The molecule has 0 saturated carbocycles. The highest BCUT2D eigenvalue weighted by atomic mass is 32.1. The molecule has 3 heterocycles. The maximum Gasteiger partial charge on any atom is 0.225 e. The smallest absolute Gasteiger partial charge is 0.225 e. The number of amides is 1. The number of nitrogens with zero attached hydrogens (tertiary/aromatic N) is 5. The van der Waals surface area contributed by atoms with Crippen LogP contribution >= 0.6 is 11.3 Å². The molecule has 1 aliphatic rings. The van der Waals surface area contributed by atoms with Gasteiger partial charge in [-0.3, -0.25) is 9.69 Å². The molecule has 1 fully saturated rings. The van der Waals surface area contributed by atoms with E-state index in [4.69, 9.17) is 0 Å². The van der Waals surface area contributed by atoms with Crippen molar-refractivity contribution in [2.75, 3.05) is 20.1 Å². The molecule has 0 aromatic carbocycles. The van der Waals surface area contributed by atoms with Crippen molar-refractivity contribution in [3.05, 3.63) is 34.8 Å². The van der Waals surface area contributed by atoms with Crippen molar-refractivity contribution in [2.24, 2.45) is 13.0 Å². The predicted molar refractivity (Wildman–Crippen MR) is 89.8 cm³/mol. The minimum atomic E-state index is 0.137. The highest BCUT2D eigenvalue weighted by Gasteiger charge is 2.27. The Morgan fingerprint density at radius 3 is 2.74 bits per heavy atom. The molecule has 0 aliphatic carbocycles. The summed E-state index contributed by atoms with van der Waals surface area (Å²) < 4.78 is 2.05. The summed E-state index contributed by atoms with van der Waals surface area (Å²) >= 11 is 1.60. The maximum atomic E-state index is 12.6. The van der Waals surface area contributed by atoms with Gasteiger partial charge in [0.25, 0.3) is 0 Å². The number of hydrogen-bond acceptors (Lipinski definition) is 5. The number of aromatic nitrogens is 3. The van der Waals surface area contributed by atoms with Crippen LogP contribution in [0.4, 0.5) is 0 Å². The van der Waals surface area contributed by atoms with Crippen molar-refractivity contribution in [1.82, 2.24) is 24.3 Å². The molecule has 3 rings (SSSR count). The number of imidazole rings is 1. The van der Waals surface area contributed by atoms with Crippen LogP contribution in [0.15, 0.2) is 24.0 Å². The van der Waals surface area contributed by atoms with Crippen LogP contribution in [0.1, 0.15) is 23.7 Å². The molecule has 2 aromatic rings. The standard InChI is InChI=1S/C16H23N5OS/c1-19-9-5-17-14(19)11-21-7-3-13(4-8-21)16(22)20(2)12-15-18-6-10-23-15/h5-6,9-10,13H,3-4,7-8,11-12H2,1-2H3. The second kappa shape index (κ2) is 7.23. The fourth-order valence-electron chi connectivity index (χ4n) is 3.01. The second-order valence-corrected chi connectivity index (χ2v) is 7.10. The first-order chi connectivity index (χ1) is 11.1. The summed E-state index contributed by atoms with van der Waals surface area (Å²) in [6.45, 7) is 3.38. The Morgan fingerprint density at radius 2 is 2.13 bits per heavy atom. The molecule has 0 atom stereocenters. The lowest BCUT2D eigenvalue weighted by Crippen LogP contribution is -2.41. The first-order valence-corrected chi connectivity index (χ1v) is 8.83. The number of carbonyl (C=O) groups excluding carboxylic acids is 1. The van der Waals surface area contributed by atoms with Crippen molar-refractivity contribution in [3.63, 3.8) is 0 Å². The van der Waals surface area contributed by atoms with E-state index in [-0.39, 0.29) is 11.8 Å². The third-order valence-electron chi connectivity index (χ3n) is 4.45. The molecule has 124 valence electrons. The Bertz CT molecular complexity index is 631. The molecule has 0 unspecified atom stereocenters. The average molecular weight is 333 g/mol. The lowest BCUT2D eigenvalue weighted by Gasteiger charge is -2.32. The highest BCUT2D eigenvalue weighted by Crippen LogP contribution is 2.21. The molecule has 6 nitrogen and oxygen atoms in total. The zero-order valence-corrected chi connectivity index (χ0v) is 14.5. The van der Waals surface area contributed by atoms with Gasteiger partial charge in [-0.2, -0.15) is 0 Å². The largest absolute Gasteiger partial charge is 0.339 e. The van der Waals surface area contributed by atoms with Crippen LogP contribution in [0, 0.1) is 5.92 Å². The van der Waals surface area contributed by atoms with E-state index in [2.05, 4.69) is 19.4 Å². The third kappa shape index (κ3) is 3.97. The summed E-state index contributed by atoms with van der Waals surface area (Å²) in [5.74, 6) is 1.46. The fraction of sp³-hybridized carbons (Fsp3) is 0.562. The Morgan fingerprint density at radius 1 is 1.35 bits per heavy atom. The van der Waals surface area contributed by atoms with Crippen LogP contribution in [-0.4, -0.2) is 50.4 Å². The zero-order valence-electron chi connectivity index (χ0n) is 13.7. The summed E-state index contributed by atoms with van der Waals surface area (Å²) in [6.07, 6.45) is 7.43. The van der Waals surface area contributed by atoms with Crippen LogP contribution in [0.5, 0.6) is 0 Å². The first-order valence-electron chi connectivity index (χ1n) is 7.95. The van der Waals surface area contributed by atoms with Gasteiger partial charge in [0, 0.05) is 44.0 Å². The van der Waals surface area contributed by atoms with E-state index < -0.39 is 0 Å². The second-order valence-electron chi connectivity index (χ2n) is 6.12. The van der Waals surface area contributed by atoms with Gasteiger partial charge in [-0.1, -0.05) is 0 Å². The van der Waals surface area contributed by atoms with Gasteiger partial charge < -0.3 is 9.47 Å². The molecule has 0 N–H and O–H groups in total. The normalized spacial score (nSPS) is 16.6. The number of likely N-dealkylation sites (tertiary alicyclic amines) is 1. The van der Waals surface area contributed by atoms with Crippen LogP contribution in [0.3, 0.4) is 0 Å². The van der Waals surface area contributed by atoms with Crippen LogP contribution < -0.4 is 0 Å². The molecule has 23 heavy (non-hydrogen) atoms. The third-order valence-corrected chi connectivity index (χ3v) is 5.22. The van der Waals surface area contributed by atoms with E-state index in [0.29, 0.717) is 6.54 Å². The van der Waals surface area contributed by atoms with Gasteiger partial charge in [0.1, 0.15) is 10.8 Å². The van der Waals surface area contributed by atoms with E-state index in [9.17, 15) is 4.79 Å². The van der Waals surface area contributed by atoms with Crippen molar-refractivity contribution >= 4 is 17.2 Å². The lowest BCUT2D eigenvalue weighted by atomic mass is 9.95. The molecule has 7 heteroatoms. The Hall–Kier alpha value is -1.73. The predicted octanol–water partition coefficient (Wildman–Crippen LogP) is 1.75. The van der Waals surface area contributed by atoms with E-state index in [0.717, 1.165) is 43.3 Å². The summed E-state index contributed by atoms with van der Waals surface area (Å²) in [4.78, 5) is 25.4. The van der Waals surface area contributed by atoms with E-state index in [1.54, 1.807) is 17.5 Å². The Balaban J connectivity index is 1.48. The van der Waals surface area contributed by atoms with Gasteiger partial charge in [-0.05, 0) is 25.9 Å². The molecule has 1 saturated heterocycles. The van der Waals surface area contributed by atoms with Crippen LogP contribution in [0.2, 0.25) is 0 Å². The molecule has 2 aromatic heterocycles. The number of aryl methyl sites for hydroxylation is 1. The van der Waals surface area contributed by atoms with Crippen molar-refractivity contribution < 1.29 is 4.79 Å². The molecular weight excluding hydrogens is 310 g/mol. The lowest BCUT2D eigenvalue weighted by molar-refractivity contribution is -0.136. The van der Waals surface area contributed by atoms with Crippen LogP contribution in [-0.2, 0) is 24.9 Å². The van der Waals surface area contributed by atoms with Gasteiger partial charge in [-0.15, -0.1) is 11.3 Å². The van der Waals surface area contributed by atoms with E-state index in [1.807, 2.05) is 36.8 Å². The SMILES string of the molecule is CN(Cc1nccs1)C(=O)C1CCN(Cc2nccn2C)CC1. The van der Waals surface area contributed by atoms with Crippen molar-refractivity contribution in [3.8, 4) is 0 Å². The number of carbonyl (C=O) groups is 1. The van der Waals surface area contributed by atoms with Gasteiger partial charge in [0.2, 0.25) is 5.91 Å². The summed E-state index contributed by atoms with van der Waals surface area (Å²) in [6, 6.07) is 0. The van der Waals surface area contributed by atoms with Gasteiger partial charge >= 0.3 is 0 Å². The molecule has 0 radical (unpaired) electrons. The van der Waals surface area contributed by atoms with Gasteiger partial charge in [-0.25, -0.2) is 9.97 Å². The number of piperidine rings is 1. The number of thiazole rings is 1. The Kier molecular flexibility index (Phi) is 5.07. The quantitative estimate of drug-likeness (QED) is 0.836. The minimum absolute atomic E-state index is 0.137. The summed E-state index contributed by atoms with van der Waals surface area (Å²) in [5, 5.41) is 2.94. The topological polar surface area (TPSA) is 54.3 Å². The number of hydrogen-bond donors (Lipinski definition) is 0. The van der Waals surface area contributed by atoms with Gasteiger partial charge in [0.15, 0.2) is 0 Å². The molecule has 1 amide bonds. The first kappa shape index (κ1) is 16.1. The summed E-state index contributed by atoms with van der Waals surface area (Å²) in [5.41, 5.74) is 0. The highest BCUT2D eigenvalue weighted by molar-refractivity contribution is 7.09. The van der Waals surface area contributed by atoms with E-state index >= 15 is 0 Å². The fourth-order valence-corrected chi connectivity index (χ4v) is 3.68. The molecule has 0 spiro atoms. The van der Waals surface area contributed by atoms with E-state index in [1.165, 1.54) is 0 Å². The summed E-state index contributed by atoms with van der Waals surface area (Å²) in [7, 11) is 3.90. The van der Waals surface area contributed by atoms with Crippen LogP contribution in [0.25, 0.3) is 0 Å². The van der Waals surface area contributed by atoms with Crippen molar-refractivity contribution in [2.45, 2.75) is 25.9 Å². The van der Waals surface area contributed by atoms with Gasteiger partial charge in [0.05, 0.1) is 13.1 Å². The minimum Gasteiger partial charge on any atom is -0.339 e. The monoisotopic (exact) mass is 333 g/mol. The molecule has 0 bridgehead atoms. The average Bonchev–Trinajstić information content (AvgIpc) is 3.20. The Labute approximate surface area is 140 Å².